The molecule has 0 atom stereocenters. The zero-order valence-electron chi connectivity index (χ0n) is 15.2. The Morgan fingerprint density at radius 1 is 1.00 bits per heavy atom. The number of aromatic hydroxyl groups is 1. The molecule has 0 aliphatic heterocycles. The van der Waals surface area contributed by atoms with Gasteiger partial charge in [-0.3, -0.25) is 4.90 Å². The van der Waals surface area contributed by atoms with Crippen molar-refractivity contribution >= 4 is 0 Å². The van der Waals surface area contributed by atoms with Crippen LogP contribution in [0.25, 0.3) is 0 Å². The van der Waals surface area contributed by atoms with Crippen molar-refractivity contribution in [3.05, 3.63) is 52.6 Å². The van der Waals surface area contributed by atoms with Crippen LogP contribution in [0, 0.1) is 13.8 Å². The third-order valence-corrected chi connectivity index (χ3v) is 4.12. The van der Waals surface area contributed by atoms with Gasteiger partial charge in [-0.1, -0.05) is 12.1 Å². The lowest BCUT2D eigenvalue weighted by Gasteiger charge is -2.19. The van der Waals surface area contributed by atoms with Gasteiger partial charge in [0, 0.05) is 18.7 Å². The summed E-state index contributed by atoms with van der Waals surface area (Å²) in [6, 6.07) is 9.88. The normalized spacial score (nSPS) is 10.9. The van der Waals surface area contributed by atoms with Gasteiger partial charge in [-0.15, -0.1) is 0 Å². The molecule has 2 rings (SSSR count). The van der Waals surface area contributed by atoms with Gasteiger partial charge in [0.15, 0.2) is 11.5 Å². The highest BCUT2D eigenvalue weighted by Gasteiger charge is 2.10. The predicted octanol–water partition coefficient (Wildman–Crippen LogP) is 4.05. The molecule has 0 unspecified atom stereocenters. The molecule has 0 saturated heterocycles. The highest BCUT2D eigenvalue weighted by molar-refractivity contribution is 5.43. The molecule has 0 aliphatic rings. The maximum atomic E-state index is 10.1. The molecule has 0 bridgehead atoms. The number of aryl methyl sites for hydroxylation is 2. The van der Waals surface area contributed by atoms with Crippen LogP contribution >= 0.6 is 0 Å². The van der Waals surface area contributed by atoms with Gasteiger partial charge >= 0.3 is 0 Å². The summed E-state index contributed by atoms with van der Waals surface area (Å²) in [5, 5.41) is 10.1. The Bertz CT molecular complexity index is 698. The Kier molecular flexibility index (Phi) is 6.10. The maximum absolute atomic E-state index is 10.1. The Morgan fingerprint density at radius 3 is 2.38 bits per heavy atom. The van der Waals surface area contributed by atoms with Crippen molar-refractivity contribution in [2.24, 2.45) is 0 Å². The highest BCUT2D eigenvalue weighted by Crippen LogP contribution is 2.29. The van der Waals surface area contributed by atoms with Crippen molar-refractivity contribution in [2.45, 2.75) is 33.9 Å². The smallest absolute Gasteiger partial charge is 0.161 e. The van der Waals surface area contributed by atoms with E-state index >= 15 is 0 Å². The van der Waals surface area contributed by atoms with E-state index in [9.17, 15) is 5.11 Å². The minimum atomic E-state index is 0.356. The van der Waals surface area contributed by atoms with E-state index in [1.165, 1.54) is 5.56 Å². The van der Waals surface area contributed by atoms with Gasteiger partial charge in [0.25, 0.3) is 0 Å². The van der Waals surface area contributed by atoms with Crippen LogP contribution in [0.1, 0.15) is 29.2 Å². The van der Waals surface area contributed by atoms with Crippen LogP contribution in [0.4, 0.5) is 0 Å². The molecule has 4 heteroatoms. The number of benzene rings is 2. The predicted molar refractivity (Wildman–Crippen MR) is 96.9 cm³/mol. The summed E-state index contributed by atoms with van der Waals surface area (Å²) in [6.45, 7) is 8.08. The lowest BCUT2D eigenvalue weighted by Crippen LogP contribution is -2.17. The zero-order valence-corrected chi connectivity index (χ0v) is 15.2. The summed E-state index contributed by atoms with van der Waals surface area (Å²) in [5.74, 6) is 1.87. The SMILES string of the molecule is CCOc1ccc(CN(C)Cc2cc(C)c(C)cc2O)cc1OC. The van der Waals surface area contributed by atoms with Crippen molar-refractivity contribution in [1.82, 2.24) is 4.90 Å². The molecule has 4 nitrogen and oxygen atoms in total. The van der Waals surface area contributed by atoms with Gasteiger partial charge in [-0.2, -0.15) is 0 Å². The summed E-state index contributed by atoms with van der Waals surface area (Å²) >= 11 is 0. The lowest BCUT2D eigenvalue weighted by atomic mass is 10.0. The van der Waals surface area contributed by atoms with E-state index in [-0.39, 0.29) is 0 Å². The minimum Gasteiger partial charge on any atom is -0.508 e. The van der Waals surface area contributed by atoms with Crippen molar-refractivity contribution in [1.29, 1.82) is 0 Å². The number of hydrogen-bond donors (Lipinski definition) is 1. The van der Waals surface area contributed by atoms with Gasteiger partial charge in [0.05, 0.1) is 13.7 Å². The van der Waals surface area contributed by atoms with E-state index in [0.717, 1.165) is 34.7 Å². The highest BCUT2D eigenvalue weighted by atomic mass is 16.5. The Morgan fingerprint density at radius 2 is 1.71 bits per heavy atom. The van der Waals surface area contributed by atoms with E-state index in [4.69, 9.17) is 9.47 Å². The Labute approximate surface area is 144 Å². The zero-order chi connectivity index (χ0) is 17.7. The molecular formula is C20H27NO3. The number of ether oxygens (including phenoxy) is 2. The fourth-order valence-corrected chi connectivity index (χ4v) is 2.73. The number of rotatable bonds is 7. The standard InChI is InChI=1S/C20H27NO3/c1-6-24-19-8-7-16(11-20(19)23-5)12-21(4)13-17-9-14(2)15(3)10-18(17)22/h7-11,22H,6,12-13H2,1-5H3. The molecule has 0 fully saturated rings. The van der Waals surface area contributed by atoms with Crippen LogP contribution in [0.3, 0.4) is 0 Å². The van der Waals surface area contributed by atoms with Gasteiger partial charge in [-0.05, 0) is 62.7 Å². The fourth-order valence-electron chi connectivity index (χ4n) is 2.73. The molecule has 0 amide bonds. The summed E-state index contributed by atoms with van der Waals surface area (Å²) in [7, 11) is 3.69. The molecule has 2 aromatic rings. The monoisotopic (exact) mass is 329 g/mol. The van der Waals surface area contributed by atoms with Crippen molar-refractivity contribution in [3.8, 4) is 17.2 Å². The van der Waals surface area contributed by atoms with Gasteiger partial charge < -0.3 is 14.6 Å². The quantitative estimate of drug-likeness (QED) is 0.832. The summed E-state index contributed by atoms with van der Waals surface area (Å²) in [4.78, 5) is 2.17. The molecule has 0 aromatic heterocycles. The van der Waals surface area contributed by atoms with Crippen molar-refractivity contribution in [2.75, 3.05) is 20.8 Å². The molecule has 0 aliphatic carbocycles. The molecule has 0 saturated carbocycles. The molecule has 2 aromatic carbocycles. The van der Waals surface area contributed by atoms with Crippen LogP contribution in [0.2, 0.25) is 0 Å². The van der Waals surface area contributed by atoms with Crippen LogP contribution in [0.5, 0.6) is 17.2 Å². The Hall–Kier alpha value is -2.20. The number of methoxy groups -OCH3 is 1. The fraction of sp³-hybridized carbons (Fsp3) is 0.400. The average Bonchev–Trinajstić information content (AvgIpc) is 2.54. The molecule has 0 heterocycles. The first-order valence-corrected chi connectivity index (χ1v) is 8.22. The topological polar surface area (TPSA) is 41.9 Å². The van der Waals surface area contributed by atoms with E-state index in [2.05, 4.69) is 17.9 Å². The summed E-state index contributed by atoms with van der Waals surface area (Å²) < 4.78 is 11.0. The van der Waals surface area contributed by atoms with Crippen LogP contribution in [0.15, 0.2) is 30.3 Å². The van der Waals surface area contributed by atoms with Gasteiger partial charge in [-0.25, -0.2) is 0 Å². The third kappa shape index (κ3) is 4.42. The van der Waals surface area contributed by atoms with Gasteiger partial charge in [0.2, 0.25) is 0 Å². The van der Waals surface area contributed by atoms with E-state index in [1.54, 1.807) is 7.11 Å². The number of phenols is 1. The number of phenolic OH excluding ortho intramolecular Hbond substituents is 1. The second-order valence-electron chi connectivity index (χ2n) is 6.16. The summed E-state index contributed by atoms with van der Waals surface area (Å²) in [6.07, 6.45) is 0. The Balaban J connectivity index is 2.09. The number of hydrogen-bond acceptors (Lipinski definition) is 4. The van der Waals surface area contributed by atoms with E-state index in [1.807, 2.05) is 45.2 Å². The second kappa shape index (κ2) is 8.06. The van der Waals surface area contributed by atoms with E-state index < -0.39 is 0 Å². The lowest BCUT2D eigenvalue weighted by molar-refractivity contribution is 0.303. The van der Waals surface area contributed by atoms with Crippen LogP contribution in [-0.4, -0.2) is 30.8 Å². The third-order valence-electron chi connectivity index (χ3n) is 4.12. The minimum absolute atomic E-state index is 0.356. The molecule has 1 N–H and O–H groups in total. The first kappa shape index (κ1) is 18.1. The first-order chi connectivity index (χ1) is 11.4. The van der Waals surface area contributed by atoms with Gasteiger partial charge in [0.1, 0.15) is 5.75 Å². The molecule has 0 radical (unpaired) electrons. The largest absolute Gasteiger partial charge is 0.508 e. The summed E-state index contributed by atoms with van der Waals surface area (Å²) in [5.41, 5.74) is 4.38. The average molecular weight is 329 g/mol. The molecule has 130 valence electrons. The van der Waals surface area contributed by atoms with Crippen molar-refractivity contribution in [3.63, 3.8) is 0 Å². The maximum Gasteiger partial charge on any atom is 0.161 e. The van der Waals surface area contributed by atoms with Crippen LogP contribution in [-0.2, 0) is 13.1 Å². The molecule has 0 spiro atoms. The molecular weight excluding hydrogens is 302 g/mol. The number of nitrogens with zero attached hydrogens (tertiary/aromatic N) is 1. The molecule has 24 heavy (non-hydrogen) atoms. The van der Waals surface area contributed by atoms with Crippen molar-refractivity contribution < 1.29 is 14.6 Å². The van der Waals surface area contributed by atoms with E-state index in [0.29, 0.717) is 18.9 Å². The second-order valence-corrected chi connectivity index (χ2v) is 6.16. The van der Waals surface area contributed by atoms with Crippen LogP contribution < -0.4 is 9.47 Å². The first-order valence-electron chi connectivity index (χ1n) is 8.22.